The molecule has 1 aliphatic rings. The first-order valence-electron chi connectivity index (χ1n) is 6.30. The number of hydrogen-bond donors (Lipinski definition) is 2. The lowest BCUT2D eigenvalue weighted by Gasteiger charge is -2.36. The molecule has 4 nitrogen and oxygen atoms in total. The van der Waals surface area contributed by atoms with Crippen molar-refractivity contribution in [2.75, 3.05) is 13.7 Å². The van der Waals surface area contributed by atoms with Crippen LogP contribution in [-0.4, -0.2) is 24.7 Å². The normalized spacial score (nSPS) is 22.3. The molecular weight excluding hydrogens is 230 g/mol. The van der Waals surface area contributed by atoms with Gasteiger partial charge in [-0.3, -0.25) is 5.32 Å². The highest BCUT2D eigenvalue weighted by molar-refractivity contribution is 5.82. The molecule has 1 aliphatic carbocycles. The van der Waals surface area contributed by atoms with Crippen molar-refractivity contribution in [1.82, 2.24) is 5.32 Å². The first kappa shape index (κ1) is 12.9. The molecule has 98 valence electrons. The summed E-state index contributed by atoms with van der Waals surface area (Å²) in [6.45, 7) is 2.57. The molecule has 1 unspecified atom stereocenters. The summed E-state index contributed by atoms with van der Waals surface area (Å²) in [5, 5.41) is 12.8. The number of hydrogen-bond acceptors (Lipinski definition) is 3. The number of aliphatic carboxylic acids is 1. The summed E-state index contributed by atoms with van der Waals surface area (Å²) in [5.74, 6) is -0.0121. The maximum Gasteiger partial charge on any atom is 0.328 e. The van der Waals surface area contributed by atoms with E-state index in [0.717, 1.165) is 29.7 Å². The molecule has 0 heterocycles. The van der Waals surface area contributed by atoms with Crippen LogP contribution in [0.1, 0.15) is 30.9 Å². The van der Waals surface area contributed by atoms with Crippen LogP contribution in [-0.2, 0) is 16.8 Å². The zero-order valence-electron chi connectivity index (χ0n) is 10.8. The molecule has 0 spiro atoms. The lowest BCUT2D eigenvalue weighted by atomic mass is 9.76. The predicted octanol–water partition coefficient (Wildman–Crippen LogP) is 1.92. The third kappa shape index (κ3) is 1.97. The van der Waals surface area contributed by atoms with Gasteiger partial charge >= 0.3 is 5.97 Å². The van der Waals surface area contributed by atoms with E-state index in [-0.39, 0.29) is 0 Å². The lowest BCUT2D eigenvalue weighted by Crippen LogP contribution is -2.51. The number of carboxylic acid groups (broad SMARTS) is 1. The third-order valence-corrected chi connectivity index (χ3v) is 3.61. The van der Waals surface area contributed by atoms with Crippen molar-refractivity contribution in [2.24, 2.45) is 0 Å². The molecule has 0 bridgehead atoms. The van der Waals surface area contributed by atoms with E-state index in [4.69, 9.17) is 4.74 Å². The highest BCUT2D eigenvalue weighted by Crippen LogP contribution is 2.37. The van der Waals surface area contributed by atoms with E-state index in [9.17, 15) is 9.90 Å². The molecule has 1 atom stereocenters. The van der Waals surface area contributed by atoms with E-state index in [2.05, 4.69) is 5.32 Å². The van der Waals surface area contributed by atoms with Crippen LogP contribution in [0.25, 0.3) is 0 Å². The van der Waals surface area contributed by atoms with Crippen LogP contribution < -0.4 is 10.1 Å². The van der Waals surface area contributed by atoms with Gasteiger partial charge in [0.1, 0.15) is 11.3 Å². The maximum atomic E-state index is 11.7. The second-order valence-corrected chi connectivity index (χ2v) is 4.62. The largest absolute Gasteiger partial charge is 0.497 e. The van der Waals surface area contributed by atoms with E-state index < -0.39 is 11.5 Å². The van der Waals surface area contributed by atoms with Crippen molar-refractivity contribution in [1.29, 1.82) is 0 Å². The van der Waals surface area contributed by atoms with Gasteiger partial charge in [-0.25, -0.2) is 4.79 Å². The Morgan fingerprint density at radius 3 is 2.94 bits per heavy atom. The van der Waals surface area contributed by atoms with Crippen molar-refractivity contribution in [3.8, 4) is 5.75 Å². The molecule has 1 aromatic rings. The van der Waals surface area contributed by atoms with Crippen molar-refractivity contribution in [3.05, 3.63) is 29.3 Å². The first-order chi connectivity index (χ1) is 8.64. The number of carboxylic acids is 1. The fourth-order valence-corrected chi connectivity index (χ4v) is 2.78. The first-order valence-corrected chi connectivity index (χ1v) is 6.30. The van der Waals surface area contributed by atoms with Crippen molar-refractivity contribution < 1.29 is 14.6 Å². The highest BCUT2D eigenvalue weighted by Gasteiger charge is 2.42. The molecule has 18 heavy (non-hydrogen) atoms. The van der Waals surface area contributed by atoms with Gasteiger partial charge in [-0.05, 0) is 49.1 Å². The molecule has 4 heteroatoms. The minimum atomic E-state index is -0.936. The number of benzene rings is 1. The van der Waals surface area contributed by atoms with Crippen molar-refractivity contribution in [3.63, 3.8) is 0 Å². The number of nitrogens with one attached hydrogen (secondary N) is 1. The van der Waals surface area contributed by atoms with Gasteiger partial charge in [0.15, 0.2) is 0 Å². The molecule has 0 saturated heterocycles. The van der Waals surface area contributed by atoms with Crippen LogP contribution >= 0.6 is 0 Å². The van der Waals surface area contributed by atoms with E-state index in [1.165, 1.54) is 0 Å². The van der Waals surface area contributed by atoms with Crippen molar-refractivity contribution in [2.45, 2.75) is 31.7 Å². The summed E-state index contributed by atoms with van der Waals surface area (Å²) >= 11 is 0. The number of ether oxygens (including phenoxy) is 1. The summed E-state index contributed by atoms with van der Waals surface area (Å²) in [4.78, 5) is 11.7. The number of methoxy groups -OCH3 is 1. The Bertz CT molecular complexity index is 458. The smallest absolute Gasteiger partial charge is 0.328 e. The molecule has 1 aromatic carbocycles. The van der Waals surface area contributed by atoms with E-state index in [1.807, 2.05) is 25.1 Å². The Labute approximate surface area is 107 Å². The maximum absolute atomic E-state index is 11.7. The quantitative estimate of drug-likeness (QED) is 0.856. The second kappa shape index (κ2) is 4.98. The number of aryl methyl sites for hydroxylation is 1. The molecule has 0 aromatic heterocycles. The Hall–Kier alpha value is -1.55. The lowest BCUT2D eigenvalue weighted by molar-refractivity contribution is -0.146. The number of carbonyl (C=O) groups is 1. The monoisotopic (exact) mass is 249 g/mol. The molecule has 0 aliphatic heterocycles. The molecule has 0 fully saturated rings. The fourth-order valence-electron chi connectivity index (χ4n) is 2.78. The Kier molecular flexibility index (Phi) is 3.57. The molecule has 2 rings (SSSR count). The standard InChI is InChI=1S/C14H19NO3/c1-3-15-14(13(16)17)8-4-5-10-9-11(18-2)6-7-12(10)14/h6-7,9,15H,3-5,8H2,1-2H3,(H,16,17). The van der Waals surface area contributed by atoms with E-state index in [1.54, 1.807) is 7.11 Å². The molecule has 0 radical (unpaired) electrons. The Morgan fingerprint density at radius 2 is 2.33 bits per heavy atom. The van der Waals surface area contributed by atoms with Gasteiger partial charge in [-0.2, -0.15) is 0 Å². The van der Waals surface area contributed by atoms with Gasteiger partial charge in [-0.1, -0.05) is 13.0 Å². The number of rotatable bonds is 4. The fraction of sp³-hybridized carbons (Fsp3) is 0.500. The zero-order valence-corrected chi connectivity index (χ0v) is 10.8. The Balaban J connectivity index is 2.51. The van der Waals surface area contributed by atoms with Gasteiger partial charge in [0.2, 0.25) is 0 Å². The molecule has 0 amide bonds. The summed E-state index contributed by atoms with van der Waals surface area (Å²) in [5.41, 5.74) is 1.02. The minimum absolute atomic E-state index is 0.634. The van der Waals surface area contributed by atoms with Crippen LogP contribution in [0.4, 0.5) is 0 Å². The van der Waals surface area contributed by atoms with Crippen LogP contribution in [0.15, 0.2) is 18.2 Å². The van der Waals surface area contributed by atoms with Crippen LogP contribution in [0.5, 0.6) is 5.75 Å². The average molecular weight is 249 g/mol. The molecule has 0 saturated carbocycles. The summed E-state index contributed by atoms with van der Waals surface area (Å²) < 4.78 is 5.20. The van der Waals surface area contributed by atoms with Gasteiger partial charge in [0, 0.05) is 0 Å². The van der Waals surface area contributed by atoms with Crippen LogP contribution in [0, 0.1) is 0 Å². The summed E-state index contributed by atoms with van der Waals surface area (Å²) in [7, 11) is 1.62. The van der Waals surface area contributed by atoms with Crippen LogP contribution in [0.3, 0.4) is 0 Å². The molecule has 2 N–H and O–H groups in total. The predicted molar refractivity (Wildman–Crippen MR) is 68.9 cm³/mol. The number of fused-ring (bicyclic) bond motifs is 1. The third-order valence-electron chi connectivity index (χ3n) is 3.61. The van der Waals surface area contributed by atoms with Crippen LogP contribution in [0.2, 0.25) is 0 Å². The SMILES string of the molecule is CCNC1(C(=O)O)CCCc2cc(OC)ccc21. The van der Waals surface area contributed by atoms with Gasteiger partial charge in [0.05, 0.1) is 7.11 Å². The molecular formula is C14H19NO3. The van der Waals surface area contributed by atoms with E-state index in [0.29, 0.717) is 13.0 Å². The second-order valence-electron chi connectivity index (χ2n) is 4.62. The van der Waals surface area contributed by atoms with Gasteiger partial charge in [0.25, 0.3) is 0 Å². The van der Waals surface area contributed by atoms with E-state index >= 15 is 0 Å². The Morgan fingerprint density at radius 1 is 1.56 bits per heavy atom. The van der Waals surface area contributed by atoms with Gasteiger partial charge < -0.3 is 9.84 Å². The van der Waals surface area contributed by atoms with Gasteiger partial charge in [-0.15, -0.1) is 0 Å². The summed E-state index contributed by atoms with van der Waals surface area (Å²) in [6, 6.07) is 5.66. The average Bonchev–Trinajstić information content (AvgIpc) is 2.38. The number of likely N-dealkylation sites (N-methyl/N-ethyl adjacent to an activating group) is 1. The summed E-state index contributed by atoms with van der Waals surface area (Å²) in [6.07, 6.45) is 2.42. The zero-order chi connectivity index (χ0) is 13.2. The topological polar surface area (TPSA) is 58.6 Å². The minimum Gasteiger partial charge on any atom is -0.497 e. The van der Waals surface area contributed by atoms with Crippen molar-refractivity contribution >= 4 is 5.97 Å². The highest BCUT2D eigenvalue weighted by atomic mass is 16.5.